The molecule has 3 aromatic rings. The number of amides is 1. The first-order valence-electron chi connectivity index (χ1n) is 16.6. The van der Waals surface area contributed by atoms with Crippen molar-refractivity contribution < 1.29 is 66.7 Å². The van der Waals surface area contributed by atoms with Crippen LogP contribution in [0.4, 0.5) is 0 Å². The number of hydrogen-bond donors (Lipinski definition) is 0. The molecule has 1 amide bonds. The predicted octanol–water partition coefficient (Wildman–Crippen LogP) is 2.57. The zero-order chi connectivity index (χ0) is 40.4. The minimum Gasteiger partial charge on any atom is -0.486 e. The number of carbonyl (C=O) groups is 7. The van der Waals surface area contributed by atoms with Crippen molar-refractivity contribution in [1.82, 2.24) is 19.8 Å². The Kier molecular flexibility index (Phi) is 14.3. The quantitative estimate of drug-likeness (QED) is 0.115. The number of thioether (sulfide) groups is 1. The Balaban J connectivity index is 1.61. The van der Waals surface area contributed by atoms with Crippen LogP contribution in [0, 0.1) is 0 Å². The second-order valence-electron chi connectivity index (χ2n) is 11.9. The van der Waals surface area contributed by atoms with Gasteiger partial charge in [0.25, 0.3) is 0 Å². The molecule has 2 aromatic carbocycles. The van der Waals surface area contributed by atoms with E-state index in [9.17, 15) is 33.6 Å². The van der Waals surface area contributed by atoms with Crippen molar-refractivity contribution in [3.05, 3.63) is 48.3 Å². The third-order valence-corrected chi connectivity index (χ3v) is 8.35. The average molecular weight is 786 g/mol. The van der Waals surface area contributed by atoms with E-state index in [0.29, 0.717) is 5.75 Å². The highest BCUT2D eigenvalue weighted by Crippen LogP contribution is 2.30. The van der Waals surface area contributed by atoms with Crippen LogP contribution in [-0.2, 0) is 63.8 Å². The molecule has 1 unspecified atom stereocenters. The van der Waals surface area contributed by atoms with Crippen molar-refractivity contribution in [2.24, 2.45) is 5.10 Å². The average Bonchev–Trinajstić information content (AvgIpc) is 3.73. The van der Waals surface area contributed by atoms with Gasteiger partial charge in [0, 0.05) is 48.5 Å². The molecule has 0 aliphatic carbocycles. The number of aromatic nitrogens is 3. The molecule has 2 heterocycles. The summed E-state index contributed by atoms with van der Waals surface area (Å²) < 4.78 is 39.9. The number of esters is 5. The van der Waals surface area contributed by atoms with E-state index in [1.54, 1.807) is 6.07 Å². The van der Waals surface area contributed by atoms with E-state index in [-0.39, 0.29) is 29.2 Å². The summed E-state index contributed by atoms with van der Waals surface area (Å²) in [6.45, 7) is 6.78. The van der Waals surface area contributed by atoms with Gasteiger partial charge in [-0.1, -0.05) is 42.1 Å². The van der Waals surface area contributed by atoms with E-state index in [1.807, 2.05) is 36.4 Å². The molecule has 5 atom stereocenters. The molecular formula is C35H39N5O14S. The number of rotatable bonds is 16. The molecule has 0 radical (unpaired) electrons. The molecule has 0 saturated heterocycles. The largest absolute Gasteiger partial charge is 0.486 e. The number of hydrazone groups is 1. The number of nitrogens with zero attached hydrogens (tertiary/aromatic N) is 5. The highest BCUT2D eigenvalue weighted by molar-refractivity contribution is 7.99. The monoisotopic (exact) mass is 785 g/mol. The van der Waals surface area contributed by atoms with Gasteiger partial charge in [-0.3, -0.25) is 33.6 Å². The van der Waals surface area contributed by atoms with Crippen molar-refractivity contribution in [3.63, 3.8) is 0 Å². The summed E-state index contributed by atoms with van der Waals surface area (Å²) in [6, 6.07) is 13.3. The number of fused-ring (bicyclic) bond motifs is 1. The van der Waals surface area contributed by atoms with Gasteiger partial charge in [0.15, 0.2) is 35.4 Å². The highest BCUT2D eigenvalue weighted by Gasteiger charge is 2.52. The smallest absolute Gasteiger partial charge is 0.303 e. The van der Waals surface area contributed by atoms with Gasteiger partial charge in [-0.05, 0) is 22.9 Å². The van der Waals surface area contributed by atoms with Crippen molar-refractivity contribution in [2.45, 2.75) is 90.9 Å². The van der Waals surface area contributed by atoms with Gasteiger partial charge in [-0.25, -0.2) is 4.57 Å². The zero-order valence-corrected chi connectivity index (χ0v) is 31.7. The van der Waals surface area contributed by atoms with Crippen LogP contribution in [0.1, 0.15) is 59.1 Å². The fraction of sp³-hybridized carbons (Fsp3) is 0.429. The topological polar surface area (TPSA) is 230 Å². The normalized spacial score (nSPS) is 15.7. The molecule has 0 fully saturated rings. The Morgan fingerprint density at radius 1 is 0.745 bits per heavy atom. The number of hydrogen-bond acceptors (Lipinski definition) is 18. The van der Waals surface area contributed by atoms with E-state index in [0.717, 1.165) is 69.1 Å². The molecule has 1 aromatic heterocycles. The maximum atomic E-state index is 12.9. The molecule has 1 aliphatic rings. The molecule has 0 spiro atoms. The van der Waals surface area contributed by atoms with Crippen molar-refractivity contribution >= 4 is 70.1 Å². The number of carbonyl (C=O) groups excluding carboxylic acids is 7. The van der Waals surface area contributed by atoms with Gasteiger partial charge < -0.3 is 33.2 Å². The third-order valence-electron chi connectivity index (χ3n) is 7.44. The van der Waals surface area contributed by atoms with Crippen LogP contribution in [0.15, 0.2) is 52.7 Å². The van der Waals surface area contributed by atoms with Gasteiger partial charge in [0.05, 0.1) is 5.75 Å². The lowest BCUT2D eigenvalue weighted by molar-refractivity contribution is -0.216. The summed E-state index contributed by atoms with van der Waals surface area (Å²) in [5, 5.41) is 15.4. The summed E-state index contributed by atoms with van der Waals surface area (Å²) in [4.78, 5) is 86.7. The minimum absolute atomic E-state index is 0.0972. The zero-order valence-electron chi connectivity index (χ0n) is 30.9. The molecular weight excluding hydrogens is 746 g/mol. The van der Waals surface area contributed by atoms with E-state index in [2.05, 4.69) is 15.3 Å². The fourth-order valence-electron chi connectivity index (χ4n) is 5.39. The van der Waals surface area contributed by atoms with Gasteiger partial charge in [-0.2, -0.15) is 5.01 Å². The first-order chi connectivity index (χ1) is 26.0. The van der Waals surface area contributed by atoms with Gasteiger partial charge in [-0.15, -0.1) is 15.3 Å². The standard InChI is InChI=1S/C35H39N5O14S/c1-18(41)39-29(16-49-27-13-12-25-10-8-9-11-26(25)14-27)36-37-35(39)55-17-30-38-40(19(2)42)34(54-30)33(53-24(7)47)32(52-23(6)46)31(51-22(5)45)28(50-21(4)44)15-48-20(3)43/h8-14,28,31-34H,15-17H2,1-7H3/t28-,31-,32+,33+,34?/m1/s1. The van der Waals surface area contributed by atoms with E-state index < -0.39 is 78.9 Å². The van der Waals surface area contributed by atoms with Crippen LogP contribution in [0.2, 0.25) is 0 Å². The lowest BCUT2D eigenvalue weighted by Crippen LogP contribution is -2.59. The summed E-state index contributed by atoms with van der Waals surface area (Å²) >= 11 is 0.964. The van der Waals surface area contributed by atoms with Gasteiger partial charge >= 0.3 is 29.8 Å². The fourth-order valence-corrected chi connectivity index (χ4v) is 6.23. The summed E-state index contributed by atoms with van der Waals surface area (Å²) in [7, 11) is 0. The second kappa shape index (κ2) is 18.8. The van der Waals surface area contributed by atoms with Crippen LogP contribution in [0.25, 0.3) is 10.8 Å². The number of benzene rings is 2. The first-order valence-corrected chi connectivity index (χ1v) is 17.6. The maximum Gasteiger partial charge on any atom is 0.303 e. The first kappa shape index (κ1) is 41.7. The number of ether oxygens (including phenoxy) is 7. The molecule has 20 heteroatoms. The van der Waals surface area contributed by atoms with Gasteiger partial charge in [0.1, 0.15) is 19.0 Å². The summed E-state index contributed by atoms with van der Waals surface area (Å²) in [5.74, 6) is -5.23. The van der Waals surface area contributed by atoms with Crippen LogP contribution in [-0.4, -0.2) is 110 Å². The van der Waals surface area contributed by atoms with Crippen LogP contribution in [0.5, 0.6) is 5.75 Å². The van der Waals surface area contributed by atoms with Crippen LogP contribution < -0.4 is 4.74 Å². The Morgan fingerprint density at radius 2 is 1.38 bits per heavy atom. The van der Waals surface area contributed by atoms with Crippen molar-refractivity contribution in [3.8, 4) is 5.75 Å². The highest BCUT2D eigenvalue weighted by atomic mass is 32.2. The van der Waals surface area contributed by atoms with E-state index in [1.165, 1.54) is 11.5 Å². The van der Waals surface area contributed by atoms with Crippen molar-refractivity contribution in [2.75, 3.05) is 12.4 Å². The van der Waals surface area contributed by atoms with Gasteiger partial charge in [0.2, 0.25) is 23.9 Å². The molecule has 0 bridgehead atoms. The molecule has 1 aliphatic heterocycles. The molecule has 0 N–H and O–H groups in total. The Hall–Kier alpha value is -6.05. The molecule has 55 heavy (non-hydrogen) atoms. The molecule has 19 nitrogen and oxygen atoms in total. The molecule has 0 saturated carbocycles. The van der Waals surface area contributed by atoms with E-state index >= 15 is 0 Å². The SMILES string of the molecule is CC(=O)OC[C@@H](OC(C)=O)[C@@H](OC(C)=O)[C@H](OC(C)=O)[C@H](OC(C)=O)C1OC(CSc2nnc(COc3ccc4ccccc4c3)n2C(C)=O)=NN1C(C)=O. The molecule has 294 valence electrons. The van der Waals surface area contributed by atoms with Crippen LogP contribution in [0.3, 0.4) is 0 Å². The molecule has 4 rings (SSSR count). The minimum atomic E-state index is -1.84. The lowest BCUT2D eigenvalue weighted by Gasteiger charge is -2.37. The maximum absolute atomic E-state index is 12.9. The Bertz CT molecular complexity index is 1980. The Labute approximate surface area is 318 Å². The lowest BCUT2D eigenvalue weighted by atomic mass is 10.00. The second-order valence-corrected chi connectivity index (χ2v) is 12.8. The van der Waals surface area contributed by atoms with Crippen LogP contribution >= 0.6 is 11.8 Å². The Morgan fingerprint density at radius 3 is 1.98 bits per heavy atom. The van der Waals surface area contributed by atoms with Crippen molar-refractivity contribution in [1.29, 1.82) is 0 Å². The van der Waals surface area contributed by atoms with E-state index in [4.69, 9.17) is 33.2 Å². The summed E-state index contributed by atoms with van der Waals surface area (Å²) in [6.07, 6.45) is -8.67. The third kappa shape index (κ3) is 11.5. The predicted molar refractivity (Wildman–Crippen MR) is 189 cm³/mol. The summed E-state index contributed by atoms with van der Waals surface area (Å²) in [5.41, 5.74) is 0.